The number of hydrogen-bond donors (Lipinski definition) is 2. The average molecular weight is 493 g/mol. The number of carbonyl (C=O) groups excluding carboxylic acids is 1. The van der Waals surface area contributed by atoms with Gasteiger partial charge in [0.25, 0.3) is 10.0 Å². The number of rotatable bonds is 6. The van der Waals surface area contributed by atoms with Gasteiger partial charge in [0.15, 0.2) is 5.75 Å². The van der Waals surface area contributed by atoms with Gasteiger partial charge >= 0.3 is 0 Å². The van der Waals surface area contributed by atoms with E-state index in [9.17, 15) is 13.2 Å². The van der Waals surface area contributed by atoms with E-state index in [1.54, 1.807) is 57.2 Å². The summed E-state index contributed by atoms with van der Waals surface area (Å²) in [5, 5.41) is 3.51. The highest BCUT2D eigenvalue weighted by molar-refractivity contribution is 7.92. The van der Waals surface area contributed by atoms with Crippen LogP contribution in [0.3, 0.4) is 0 Å². The van der Waals surface area contributed by atoms with Gasteiger partial charge in [-0.05, 0) is 54.6 Å². The molecule has 3 aromatic rings. The monoisotopic (exact) mass is 492 g/mol. The lowest BCUT2D eigenvalue weighted by Gasteiger charge is -2.18. The summed E-state index contributed by atoms with van der Waals surface area (Å²) in [4.78, 5) is 12.1. The topological polar surface area (TPSA) is 84.5 Å². The van der Waals surface area contributed by atoms with Crippen LogP contribution in [-0.4, -0.2) is 14.3 Å². The van der Waals surface area contributed by atoms with E-state index < -0.39 is 15.4 Å². The van der Waals surface area contributed by atoms with Crippen molar-refractivity contribution in [1.29, 1.82) is 0 Å². The van der Waals surface area contributed by atoms with Crippen molar-refractivity contribution in [2.24, 2.45) is 5.41 Å². The van der Waals surface area contributed by atoms with Crippen LogP contribution in [0, 0.1) is 5.41 Å². The summed E-state index contributed by atoms with van der Waals surface area (Å²) in [6.45, 7) is 5.38. The van der Waals surface area contributed by atoms with Crippen LogP contribution in [0.2, 0.25) is 10.0 Å². The van der Waals surface area contributed by atoms with Gasteiger partial charge < -0.3 is 10.1 Å². The molecule has 3 rings (SSSR count). The molecule has 2 N–H and O–H groups in total. The van der Waals surface area contributed by atoms with E-state index in [4.69, 9.17) is 27.9 Å². The number of hydrogen-bond acceptors (Lipinski definition) is 4. The quantitative estimate of drug-likeness (QED) is 0.407. The maximum Gasteiger partial charge on any atom is 0.262 e. The van der Waals surface area contributed by atoms with Gasteiger partial charge in [-0.1, -0.05) is 56.1 Å². The minimum absolute atomic E-state index is 0.0330. The standard InChI is InChI=1S/C23H22Cl2N2O4S/c1-23(2,3)22(28)26-16-9-11-17(12-10-16)32(29,30)27-19-6-4-5-7-21(19)31-20-13-8-15(24)14-18(20)25/h4-14,27H,1-3H3,(H,26,28). The summed E-state index contributed by atoms with van der Waals surface area (Å²) in [6, 6.07) is 17.2. The summed E-state index contributed by atoms with van der Waals surface area (Å²) < 4.78 is 34.2. The third-order valence-corrected chi connectivity index (χ3v) is 6.26. The lowest BCUT2D eigenvalue weighted by Crippen LogP contribution is -2.27. The molecule has 1 amide bonds. The molecule has 32 heavy (non-hydrogen) atoms. The Morgan fingerprint density at radius 1 is 0.906 bits per heavy atom. The highest BCUT2D eigenvalue weighted by atomic mass is 35.5. The van der Waals surface area contributed by atoms with Crippen molar-refractivity contribution in [1.82, 2.24) is 0 Å². The van der Waals surface area contributed by atoms with Crippen molar-refractivity contribution in [2.45, 2.75) is 25.7 Å². The maximum absolute atomic E-state index is 12.9. The van der Waals surface area contributed by atoms with Gasteiger partial charge in [0, 0.05) is 16.1 Å². The summed E-state index contributed by atoms with van der Waals surface area (Å²) in [6.07, 6.45) is 0. The maximum atomic E-state index is 12.9. The van der Waals surface area contributed by atoms with Gasteiger partial charge in [-0.3, -0.25) is 9.52 Å². The second-order valence-electron chi connectivity index (χ2n) is 8.01. The summed E-state index contributed by atoms with van der Waals surface area (Å²) in [7, 11) is -3.92. The van der Waals surface area contributed by atoms with Crippen LogP contribution >= 0.6 is 23.2 Å². The van der Waals surface area contributed by atoms with Crippen LogP contribution < -0.4 is 14.8 Å². The second-order valence-corrected chi connectivity index (χ2v) is 10.5. The molecule has 0 heterocycles. The third-order valence-electron chi connectivity index (χ3n) is 4.35. The van der Waals surface area contributed by atoms with Gasteiger partial charge in [0.1, 0.15) is 5.75 Å². The summed E-state index contributed by atoms with van der Waals surface area (Å²) in [5.41, 5.74) is 0.178. The Kier molecular flexibility index (Phi) is 7.03. The molecule has 0 aliphatic carbocycles. The Morgan fingerprint density at radius 2 is 1.56 bits per heavy atom. The number of benzene rings is 3. The predicted molar refractivity (Wildman–Crippen MR) is 128 cm³/mol. The predicted octanol–water partition coefficient (Wildman–Crippen LogP) is 6.57. The summed E-state index contributed by atoms with van der Waals surface area (Å²) >= 11 is 12.1. The minimum atomic E-state index is -3.92. The van der Waals surface area contributed by atoms with Gasteiger partial charge in [-0.15, -0.1) is 0 Å². The Hall–Kier alpha value is -2.74. The Balaban J connectivity index is 1.80. The molecule has 3 aromatic carbocycles. The fourth-order valence-electron chi connectivity index (χ4n) is 2.56. The van der Waals surface area contributed by atoms with Gasteiger partial charge in [-0.25, -0.2) is 8.42 Å². The van der Waals surface area contributed by atoms with Crippen molar-refractivity contribution in [3.8, 4) is 11.5 Å². The van der Waals surface area contributed by atoms with Gasteiger partial charge in [0.2, 0.25) is 5.91 Å². The molecule has 0 aliphatic rings. The van der Waals surface area contributed by atoms with Crippen LogP contribution in [0.1, 0.15) is 20.8 Å². The summed E-state index contributed by atoms with van der Waals surface area (Å²) in [5.74, 6) is 0.439. The molecule has 0 aliphatic heterocycles. The number of carbonyl (C=O) groups is 1. The van der Waals surface area contributed by atoms with Crippen LogP contribution in [-0.2, 0) is 14.8 Å². The normalized spacial score (nSPS) is 11.7. The number of sulfonamides is 1. The Labute approximate surface area is 197 Å². The van der Waals surface area contributed by atoms with Gasteiger partial charge in [-0.2, -0.15) is 0 Å². The van der Waals surface area contributed by atoms with E-state index in [0.29, 0.717) is 21.5 Å². The SMILES string of the molecule is CC(C)(C)C(=O)Nc1ccc(S(=O)(=O)Nc2ccccc2Oc2ccc(Cl)cc2Cl)cc1. The molecule has 0 spiro atoms. The zero-order valence-electron chi connectivity index (χ0n) is 17.6. The Bertz CT molecular complexity index is 1240. The molecular formula is C23H22Cl2N2O4S. The molecule has 0 fully saturated rings. The van der Waals surface area contributed by atoms with Crippen LogP contribution in [0.4, 0.5) is 11.4 Å². The molecule has 168 valence electrons. The number of para-hydroxylation sites is 2. The van der Waals surface area contributed by atoms with Crippen molar-refractivity contribution < 1.29 is 17.9 Å². The Morgan fingerprint density at radius 3 is 2.19 bits per heavy atom. The first kappa shape index (κ1) is 23.9. The first-order valence-electron chi connectivity index (χ1n) is 9.62. The third kappa shape index (κ3) is 5.94. The fraction of sp³-hybridized carbons (Fsp3) is 0.174. The van der Waals surface area contributed by atoms with E-state index in [1.807, 2.05) is 0 Å². The number of nitrogens with one attached hydrogen (secondary N) is 2. The molecule has 6 nitrogen and oxygen atoms in total. The molecule has 0 saturated carbocycles. The molecule has 0 atom stereocenters. The smallest absolute Gasteiger partial charge is 0.262 e. The number of halogens is 2. The van der Waals surface area contributed by atoms with E-state index in [-0.39, 0.29) is 22.2 Å². The number of amides is 1. The van der Waals surface area contributed by atoms with Crippen molar-refractivity contribution in [2.75, 3.05) is 10.0 Å². The molecule has 9 heteroatoms. The fourth-order valence-corrected chi connectivity index (χ4v) is 4.07. The van der Waals surface area contributed by atoms with E-state index in [0.717, 1.165) is 0 Å². The van der Waals surface area contributed by atoms with Crippen molar-refractivity contribution in [3.05, 3.63) is 76.8 Å². The highest BCUT2D eigenvalue weighted by Gasteiger charge is 2.22. The average Bonchev–Trinajstić information content (AvgIpc) is 2.71. The van der Waals surface area contributed by atoms with E-state index in [1.165, 1.54) is 30.3 Å². The van der Waals surface area contributed by atoms with Crippen LogP contribution in [0.5, 0.6) is 11.5 Å². The molecule has 0 saturated heterocycles. The van der Waals surface area contributed by atoms with E-state index in [2.05, 4.69) is 10.0 Å². The van der Waals surface area contributed by atoms with Crippen molar-refractivity contribution in [3.63, 3.8) is 0 Å². The minimum Gasteiger partial charge on any atom is -0.454 e. The lowest BCUT2D eigenvalue weighted by atomic mass is 9.95. The van der Waals surface area contributed by atoms with Crippen LogP contribution in [0.25, 0.3) is 0 Å². The largest absolute Gasteiger partial charge is 0.454 e. The zero-order chi connectivity index (χ0) is 23.5. The van der Waals surface area contributed by atoms with Crippen molar-refractivity contribution >= 4 is 50.5 Å². The second kappa shape index (κ2) is 9.40. The molecule has 0 bridgehead atoms. The first-order chi connectivity index (χ1) is 15.0. The van der Waals surface area contributed by atoms with E-state index >= 15 is 0 Å². The molecule has 0 unspecified atom stereocenters. The van der Waals surface area contributed by atoms with Crippen LogP contribution in [0.15, 0.2) is 71.6 Å². The number of anilines is 2. The van der Waals surface area contributed by atoms with Gasteiger partial charge in [0.05, 0.1) is 15.6 Å². The molecule has 0 aromatic heterocycles. The first-order valence-corrected chi connectivity index (χ1v) is 11.9. The highest BCUT2D eigenvalue weighted by Crippen LogP contribution is 2.35. The number of ether oxygens (including phenoxy) is 1. The molecular weight excluding hydrogens is 471 g/mol. The molecule has 0 radical (unpaired) electrons. The lowest BCUT2D eigenvalue weighted by molar-refractivity contribution is -0.123. The zero-order valence-corrected chi connectivity index (χ0v) is 20.0.